The van der Waals surface area contributed by atoms with Gasteiger partial charge in [-0.25, -0.2) is 15.8 Å². The van der Waals surface area contributed by atoms with Gasteiger partial charge in [-0.05, 0) is 48.6 Å². The molecule has 0 atom stereocenters. The average molecular weight is 302 g/mol. The maximum atomic E-state index is 5.44. The van der Waals surface area contributed by atoms with Crippen molar-refractivity contribution in [2.45, 2.75) is 23.8 Å². The summed E-state index contributed by atoms with van der Waals surface area (Å²) >= 11 is 3.22. The molecule has 2 heterocycles. The number of anilines is 1. The van der Waals surface area contributed by atoms with E-state index in [0.717, 1.165) is 15.2 Å². The molecule has 3 N–H and O–H groups in total. The van der Waals surface area contributed by atoms with Crippen LogP contribution in [0.1, 0.15) is 11.1 Å². The van der Waals surface area contributed by atoms with E-state index in [1.165, 1.54) is 16.0 Å². The zero-order valence-electron chi connectivity index (χ0n) is 11.2. The number of aromatic nitrogens is 2. The SMILES string of the molecule is Cc1ccc(Sc2nc(NN)nc3sccc23)cc1C. The number of fused-ring (bicyclic) bond motifs is 1. The van der Waals surface area contributed by atoms with Gasteiger partial charge in [0.2, 0.25) is 5.95 Å². The second-order valence-corrected chi connectivity index (χ2v) is 6.44. The van der Waals surface area contributed by atoms with Gasteiger partial charge in [0, 0.05) is 10.3 Å². The molecule has 102 valence electrons. The Kier molecular flexibility index (Phi) is 3.60. The summed E-state index contributed by atoms with van der Waals surface area (Å²) in [6.07, 6.45) is 0. The highest BCUT2D eigenvalue weighted by molar-refractivity contribution is 7.99. The lowest BCUT2D eigenvalue weighted by Gasteiger charge is -2.07. The number of hydrogen-bond donors (Lipinski definition) is 2. The molecule has 0 unspecified atom stereocenters. The summed E-state index contributed by atoms with van der Waals surface area (Å²) in [4.78, 5) is 10.9. The Balaban J connectivity index is 2.04. The maximum absolute atomic E-state index is 5.44. The predicted octanol–water partition coefficient (Wildman–Crippen LogP) is 3.74. The van der Waals surface area contributed by atoms with E-state index in [1.807, 2.05) is 11.4 Å². The molecule has 3 rings (SSSR count). The minimum absolute atomic E-state index is 0.450. The van der Waals surface area contributed by atoms with Crippen LogP contribution in [-0.4, -0.2) is 9.97 Å². The van der Waals surface area contributed by atoms with Crippen LogP contribution in [0.2, 0.25) is 0 Å². The molecule has 2 aromatic heterocycles. The van der Waals surface area contributed by atoms with Crippen molar-refractivity contribution in [3.63, 3.8) is 0 Å². The number of nitrogens with two attached hydrogens (primary N) is 1. The fourth-order valence-corrected chi connectivity index (χ4v) is 3.69. The summed E-state index contributed by atoms with van der Waals surface area (Å²) in [6, 6.07) is 8.47. The van der Waals surface area contributed by atoms with E-state index in [2.05, 4.69) is 47.4 Å². The number of thiophene rings is 1. The van der Waals surface area contributed by atoms with Gasteiger partial charge in [-0.1, -0.05) is 17.8 Å². The van der Waals surface area contributed by atoms with E-state index >= 15 is 0 Å². The number of aryl methyl sites for hydroxylation is 2. The summed E-state index contributed by atoms with van der Waals surface area (Å²) < 4.78 is 0. The fourth-order valence-electron chi connectivity index (χ4n) is 1.86. The molecule has 0 fully saturated rings. The number of rotatable bonds is 3. The molecular weight excluding hydrogens is 288 g/mol. The smallest absolute Gasteiger partial charge is 0.239 e. The predicted molar refractivity (Wildman–Crippen MR) is 85.3 cm³/mol. The zero-order chi connectivity index (χ0) is 14.1. The molecule has 0 saturated carbocycles. The lowest BCUT2D eigenvalue weighted by atomic mass is 10.1. The number of hydrazine groups is 1. The van der Waals surface area contributed by atoms with E-state index in [0.29, 0.717) is 5.95 Å². The van der Waals surface area contributed by atoms with E-state index < -0.39 is 0 Å². The van der Waals surface area contributed by atoms with Gasteiger partial charge in [0.15, 0.2) is 0 Å². The average Bonchev–Trinajstić information content (AvgIpc) is 2.91. The number of benzene rings is 1. The van der Waals surface area contributed by atoms with E-state index in [4.69, 9.17) is 5.84 Å². The van der Waals surface area contributed by atoms with Crippen molar-refractivity contribution in [2.24, 2.45) is 5.84 Å². The van der Waals surface area contributed by atoms with Crippen molar-refractivity contribution in [1.82, 2.24) is 9.97 Å². The quantitative estimate of drug-likeness (QED) is 0.438. The minimum Gasteiger partial charge on any atom is -0.292 e. The molecule has 0 aliphatic heterocycles. The molecule has 0 spiro atoms. The van der Waals surface area contributed by atoms with Crippen LogP contribution in [0.15, 0.2) is 39.6 Å². The lowest BCUT2D eigenvalue weighted by molar-refractivity contribution is 1.08. The molecule has 0 amide bonds. The first-order chi connectivity index (χ1) is 9.67. The van der Waals surface area contributed by atoms with Crippen LogP contribution in [0.5, 0.6) is 0 Å². The van der Waals surface area contributed by atoms with E-state index in [9.17, 15) is 0 Å². The van der Waals surface area contributed by atoms with Crippen molar-refractivity contribution in [3.05, 3.63) is 40.8 Å². The van der Waals surface area contributed by atoms with Crippen LogP contribution in [0.3, 0.4) is 0 Å². The van der Waals surface area contributed by atoms with Gasteiger partial charge in [0.25, 0.3) is 0 Å². The molecule has 0 bridgehead atoms. The molecule has 4 nitrogen and oxygen atoms in total. The molecule has 0 aliphatic carbocycles. The van der Waals surface area contributed by atoms with Gasteiger partial charge in [-0.2, -0.15) is 0 Å². The van der Waals surface area contributed by atoms with Crippen LogP contribution in [0, 0.1) is 13.8 Å². The summed E-state index contributed by atoms with van der Waals surface area (Å²) in [6.45, 7) is 4.23. The Morgan fingerprint density at radius 3 is 2.75 bits per heavy atom. The highest BCUT2D eigenvalue weighted by Gasteiger charge is 2.10. The Bertz CT molecular complexity index is 767. The summed E-state index contributed by atoms with van der Waals surface area (Å²) in [7, 11) is 0. The second-order valence-electron chi connectivity index (χ2n) is 4.48. The number of nitrogen functional groups attached to an aromatic ring is 1. The normalized spacial score (nSPS) is 10.9. The van der Waals surface area contributed by atoms with Crippen molar-refractivity contribution < 1.29 is 0 Å². The van der Waals surface area contributed by atoms with Crippen molar-refractivity contribution in [2.75, 3.05) is 5.43 Å². The van der Waals surface area contributed by atoms with E-state index in [1.54, 1.807) is 23.1 Å². The topological polar surface area (TPSA) is 63.8 Å². The summed E-state index contributed by atoms with van der Waals surface area (Å²) in [5, 5.41) is 4.01. The molecule has 0 saturated heterocycles. The number of nitrogens with zero attached hydrogens (tertiary/aromatic N) is 2. The molecule has 0 radical (unpaired) electrons. The summed E-state index contributed by atoms with van der Waals surface area (Å²) in [5.74, 6) is 5.89. The highest BCUT2D eigenvalue weighted by Crippen LogP contribution is 2.34. The molecule has 1 aromatic carbocycles. The van der Waals surface area contributed by atoms with Gasteiger partial charge < -0.3 is 0 Å². The Labute approximate surface area is 125 Å². The molecule has 20 heavy (non-hydrogen) atoms. The zero-order valence-corrected chi connectivity index (χ0v) is 12.8. The summed E-state index contributed by atoms with van der Waals surface area (Å²) in [5.41, 5.74) is 5.10. The van der Waals surface area contributed by atoms with Crippen LogP contribution in [-0.2, 0) is 0 Å². The van der Waals surface area contributed by atoms with Crippen molar-refractivity contribution in [1.29, 1.82) is 0 Å². The molecule has 0 aliphatic rings. The maximum Gasteiger partial charge on any atom is 0.239 e. The van der Waals surface area contributed by atoms with Gasteiger partial charge in [-0.3, -0.25) is 5.43 Å². The van der Waals surface area contributed by atoms with Crippen molar-refractivity contribution in [3.8, 4) is 0 Å². The monoisotopic (exact) mass is 302 g/mol. The first-order valence-corrected chi connectivity index (χ1v) is 7.84. The van der Waals surface area contributed by atoms with Gasteiger partial charge in [0.05, 0.1) is 0 Å². The van der Waals surface area contributed by atoms with Crippen LogP contribution < -0.4 is 11.3 Å². The largest absolute Gasteiger partial charge is 0.292 e. The third-order valence-electron chi connectivity index (χ3n) is 3.11. The Morgan fingerprint density at radius 1 is 1.15 bits per heavy atom. The fraction of sp³-hybridized carbons (Fsp3) is 0.143. The van der Waals surface area contributed by atoms with Gasteiger partial charge in [0.1, 0.15) is 9.86 Å². The minimum atomic E-state index is 0.450. The first kappa shape index (κ1) is 13.4. The van der Waals surface area contributed by atoms with Gasteiger partial charge >= 0.3 is 0 Å². The van der Waals surface area contributed by atoms with Crippen molar-refractivity contribution >= 4 is 39.3 Å². The highest BCUT2D eigenvalue weighted by atomic mass is 32.2. The van der Waals surface area contributed by atoms with Crippen LogP contribution in [0.25, 0.3) is 10.2 Å². The molecule has 3 aromatic rings. The third kappa shape index (κ3) is 2.49. The van der Waals surface area contributed by atoms with Gasteiger partial charge in [-0.15, -0.1) is 11.3 Å². The lowest BCUT2D eigenvalue weighted by Crippen LogP contribution is -2.10. The Morgan fingerprint density at radius 2 is 2.00 bits per heavy atom. The van der Waals surface area contributed by atoms with Crippen LogP contribution in [0.4, 0.5) is 5.95 Å². The van der Waals surface area contributed by atoms with E-state index in [-0.39, 0.29) is 0 Å². The molecular formula is C14H14N4S2. The number of hydrogen-bond acceptors (Lipinski definition) is 6. The number of nitrogens with one attached hydrogen (secondary N) is 1. The Hall–Kier alpha value is -1.63. The third-order valence-corrected chi connectivity index (χ3v) is 4.91. The standard InChI is InChI=1S/C14H14N4S2/c1-8-3-4-10(7-9(8)2)20-13-11-5-6-19-12(11)16-14(17-13)18-15/h3-7H,15H2,1-2H3,(H,16,17,18). The van der Waals surface area contributed by atoms with Crippen LogP contribution >= 0.6 is 23.1 Å². The molecule has 6 heteroatoms. The first-order valence-electron chi connectivity index (χ1n) is 6.14. The second kappa shape index (κ2) is 5.40.